The average Bonchev–Trinajstić information content (AvgIpc) is 3.13. The van der Waals surface area contributed by atoms with Crippen molar-refractivity contribution < 1.29 is 24.0 Å². The summed E-state index contributed by atoms with van der Waals surface area (Å²) in [6.07, 6.45) is 12.3. The molecule has 0 spiro atoms. The van der Waals surface area contributed by atoms with Gasteiger partial charge in [0.25, 0.3) is 11.8 Å². The number of ketones is 1. The van der Waals surface area contributed by atoms with Crippen molar-refractivity contribution in [2.24, 2.45) is 5.92 Å². The van der Waals surface area contributed by atoms with Gasteiger partial charge in [-0.2, -0.15) is 0 Å². The number of pyridine rings is 1. The van der Waals surface area contributed by atoms with Crippen molar-refractivity contribution in [2.75, 3.05) is 6.54 Å². The molecule has 47 heavy (non-hydrogen) atoms. The van der Waals surface area contributed by atoms with E-state index in [4.69, 9.17) is 0 Å². The number of amides is 4. The molecule has 2 fully saturated rings. The van der Waals surface area contributed by atoms with E-state index < -0.39 is 41.6 Å². The van der Waals surface area contributed by atoms with E-state index in [0.717, 1.165) is 37.7 Å². The summed E-state index contributed by atoms with van der Waals surface area (Å²) in [4.78, 5) is 81.7. The van der Waals surface area contributed by atoms with Crippen molar-refractivity contribution in [3.8, 4) is 0 Å². The van der Waals surface area contributed by atoms with Crippen LogP contribution in [0.2, 0.25) is 0 Å². The van der Waals surface area contributed by atoms with Crippen molar-refractivity contribution >= 4 is 29.4 Å². The average molecular weight is 640 g/mol. The number of nitrogens with one attached hydrogen (secondary N) is 3. The summed E-state index contributed by atoms with van der Waals surface area (Å²) in [5.41, 5.74) is 1.47. The molecule has 0 radical (unpaired) electrons. The monoisotopic (exact) mass is 639 g/mol. The Morgan fingerprint density at radius 1 is 0.809 bits per heavy atom. The second-order valence-electron chi connectivity index (χ2n) is 12.1. The number of benzene rings is 1. The molecule has 0 bridgehead atoms. The highest BCUT2D eigenvalue weighted by Gasteiger charge is 2.41. The third kappa shape index (κ3) is 9.05. The van der Waals surface area contributed by atoms with Crippen LogP contribution in [0.1, 0.15) is 73.1 Å². The Hall–Kier alpha value is -5.00. The van der Waals surface area contributed by atoms with E-state index in [9.17, 15) is 24.0 Å². The van der Waals surface area contributed by atoms with Gasteiger partial charge in [-0.1, -0.05) is 55.7 Å². The normalized spacial score (nSPS) is 18.0. The minimum absolute atomic E-state index is 0.0607. The summed E-state index contributed by atoms with van der Waals surface area (Å²) in [7, 11) is 0. The molecule has 4 amide bonds. The van der Waals surface area contributed by atoms with Crippen LogP contribution in [0.5, 0.6) is 0 Å². The highest BCUT2D eigenvalue weighted by Crippen LogP contribution is 2.29. The zero-order chi connectivity index (χ0) is 33.0. The number of likely N-dealkylation sites (tertiary alicyclic amines) is 1. The van der Waals surface area contributed by atoms with Crippen molar-refractivity contribution in [3.63, 3.8) is 0 Å². The number of piperidine rings is 1. The van der Waals surface area contributed by atoms with E-state index in [1.165, 1.54) is 18.6 Å². The van der Waals surface area contributed by atoms with Crippen LogP contribution in [0.15, 0.2) is 73.3 Å². The van der Waals surface area contributed by atoms with Gasteiger partial charge in [-0.05, 0) is 55.7 Å². The molecule has 1 saturated heterocycles. The van der Waals surface area contributed by atoms with Crippen LogP contribution >= 0.6 is 0 Å². The van der Waals surface area contributed by atoms with Crippen LogP contribution in [0.25, 0.3) is 0 Å². The predicted molar refractivity (Wildman–Crippen MR) is 172 cm³/mol. The summed E-state index contributed by atoms with van der Waals surface area (Å²) < 4.78 is 0. The first-order valence-electron chi connectivity index (χ1n) is 16.3. The van der Waals surface area contributed by atoms with Crippen LogP contribution in [-0.4, -0.2) is 73.9 Å². The molecule has 1 saturated carbocycles. The van der Waals surface area contributed by atoms with E-state index >= 15 is 0 Å². The number of hydrogen-bond acceptors (Lipinski definition) is 8. The van der Waals surface area contributed by atoms with Crippen LogP contribution in [0.4, 0.5) is 0 Å². The summed E-state index contributed by atoms with van der Waals surface area (Å²) in [6.45, 7) is 0.397. The molecule has 1 aromatic carbocycles. The fourth-order valence-electron chi connectivity index (χ4n) is 6.37. The molecule has 0 unspecified atom stereocenters. The first-order valence-corrected chi connectivity index (χ1v) is 16.3. The quantitative estimate of drug-likeness (QED) is 0.255. The van der Waals surface area contributed by atoms with E-state index in [2.05, 4.69) is 30.9 Å². The lowest BCUT2D eigenvalue weighted by atomic mass is 9.82. The van der Waals surface area contributed by atoms with Crippen LogP contribution < -0.4 is 16.0 Å². The topological polar surface area (TPSA) is 163 Å². The van der Waals surface area contributed by atoms with E-state index in [-0.39, 0.29) is 30.5 Å². The second kappa shape index (κ2) is 16.5. The maximum atomic E-state index is 14.3. The smallest absolute Gasteiger partial charge is 0.289 e. The number of carbonyl (C=O) groups excluding carboxylic acids is 5. The highest BCUT2D eigenvalue weighted by atomic mass is 16.2. The van der Waals surface area contributed by atoms with Crippen LogP contribution in [0.3, 0.4) is 0 Å². The number of hydrogen-bond donors (Lipinski definition) is 3. The fraction of sp³-hybridized carbons (Fsp3) is 0.429. The third-order valence-corrected chi connectivity index (χ3v) is 8.85. The second-order valence-corrected chi connectivity index (χ2v) is 12.1. The van der Waals surface area contributed by atoms with Gasteiger partial charge in [0.05, 0.1) is 18.4 Å². The van der Waals surface area contributed by atoms with Gasteiger partial charge in [-0.3, -0.25) is 33.9 Å². The highest BCUT2D eigenvalue weighted by molar-refractivity contribution is 6.38. The number of rotatable bonds is 12. The Morgan fingerprint density at radius 3 is 2.30 bits per heavy atom. The molecule has 12 nitrogen and oxygen atoms in total. The van der Waals surface area contributed by atoms with Gasteiger partial charge in [0.15, 0.2) is 0 Å². The first kappa shape index (κ1) is 33.4. The number of Topliss-reactive ketones (excluding diaryl/α,β-unsaturated/α-hetero) is 1. The lowest BCUT2D eigenvalue weighted by Gasteiger charge is -2.40. The standard InChI is InChI=1S/C35H41N7O5/c43-31(34(46)39-22-26-15-7-9-17-37-26)27(21-24-11-3-1-4-12-24)40-33(45)29-16-8-10-20-42(29)35(47)30(25-13-5-2-6-14-25)41-32(44)28-23-36-18-19-38-28/h1,3-4,7,9,11-12,15,17-19,23,25,27,29-30H,2,5-6,8,10,13-14,16,20-22H2,(H,39,46)(H,40,45)(H,41,44)/t27-,29-,30-/m1/s1. The molecule has 1 aliphatic carbocycles. The van der Waals surface area contributed by atoms with Gasteiger partial charge in [0.1, 0.15) is 23.8 Å². The van der Waals surface area contributed by atoms with Gasteiger partial charge in [0.2, 0.25) is 17.6 Å². The summed E-state index contributed by atoms with van der Waals surface area (Å²) in [5, 5.41) is 8.35. The molecule has 2 aliphatic rings. The lowest BCUT2D eigenvalue weighted by Crippen LogP contribution is -2.61. The number of aromatic nitrogens is 3. The molecular weight excluding hydrogens is 598 g/mol. The molecule has 3 atom stereocenters. The summed E-state index contributed by atoms with van der Waals surface area (Å²) in [6, 6.07) is 11.6. The third-order valence-electron chi connectivity index (χ3n) is 8.85. The summed E-state index contributed by atoms with van der Waals surface area (Å²) in [5.74, 6) is -3.04. The predicted octanol–water partition coefficient (Wildman–Crippen LogP) is 2.54. The van der Waals surface area contributed by atoms with Crippen molar-refractivity contribution in [1.29, 1.82) is 0 Å². The molecule has 246 valence electrons. The number of nitrogens with zero attached hydrogens (tertiary/aromatic N) is 4. The minimum atomic E-state index is -1.15. The van der Waals surface area contributed by atoms with Crippen LogP contribution in [0, 0.1) is 5.92 Å². The van der Waals surface area contributed by atoms with Gasteiger partial charge in [-0.25, -0.2) is 4.98 Å². The van der Waals surface area contributed by atoms with Gasteiger partial charge in [-0.15, -0.1) is 0 Å². The largest absolute Gasteiger partial charge is 0.344 e. The maximum Gasteiger partial charge on any atom is 0.289 e. The molecular formula is C35H41N7O5. The van der Waals surface area contributed by atoms with Crippen LogP contribution in [-0.2, 0) is 32.1 Å². The Morgan fingerprint density at radius 2 is 1.57 bits per heavy atom. The SMILES string of the molecule is O=C(NCc1ccccn1)C(=O)[C@@H](Cc1ccccc1)NC(=O)[C@H]1CCCCN1C(=O)[C@H](NC(=O)c1cnccn1)C1CCCCC1. The Kier molecular flexibility index (Phi) is 11.7. The van der Waals surface area contributed by atoms with Gasteiger partial charge in [0, 0.05) is 31.6 Å². The molecule has 2 aromatic heterocycles. The van der Waals surface area contributed by atoms with Gasteiger partial charge >= 0.3 is 0 Å². The van der Waals surface area contributed by atoms with E-state index in [1.54, 1.807) is 29.3 Å². The first-order chi connectivity index (χ1) is 22.9. The lowest BCUT2D eigenvalue weighted by molar-refractivity contribution is -0.146. The van der Waals surface area contributed by atoms with Gasteiger partial charge < -0.3 is 20.9 Å². The Labute approximate surface area is 274 Å². The van der Waals surface area contributed by atoms with Crippen molar-refractivity contribution in [1.82, 2.24) is 35.8 Å². The molecule has 3 N–H and O–H groups in total. The molecule has 1 aliphatic heterocycles. The molecule has 3 aromatic rings. The zero-order valence-electron chi connectivity index (χ0n) is 26.3. The van der Waals surface area contributed by atoms with E-state index in [1.807, 2.05) is 30.3 Å². The Balaban J connectivity index is 1.33. The number of carbonyl (C=O) groups is 5. The Bertz CT molecular complexity index is 1520. The van der Waals surface area contributed by atoms with Crippen molar-refractivity contribution in [2.45, 2.75) is 82.5 Å². The maximum absolute atomic E-state index is 14.3. The van der Waals surface area contributed by atoms with Crippen molar-refractivity contribution in [3.05, 3.63) is 90.3 Å². The molecule has 5 rings (SSSR count). The summed E-state index contributed by atoms with van der Waals surface area (Å²) >= 11 is 0. The fourth-order valence-corrected chi connectivity index (χ4v) is 6.37. The molecule has 12 heteroatoms. The molecule has 3 heterocycles. The minimum Gasteiger partial charge on any atom is -0.344 e. The zero-order valence-corrected chi connectivity index (χ0v) is 26.3. The van der Waals surface area contributed by atoms with E-state index in [0.29, 0.717) is 31.5 Å².